The number of rotatable bonds is 3. The molecule has 1 atom stereocenters. The van der Waals surface area contributed by atoms with E-state index in [2.05, 4.69) is 16.9 Å². The number of aromatic nitrogens is 2. The van der Waals surface area contributed by atoms with E-state index in [1.165, 1.54) is 12.8 Å². The van der Waals surface area contributed by atoms with Gasteiger partial charge in [-0.1, -0.05) is 0 Å². The Bertz CT molecular complexity index is 317. The first-order valence-corrected chi connectivity index (χ1v) is 5.59. The molecule has 4 heteroatoms. The van der Waals surface area contributed by atoms with Crippen molar-refractivity contribution in [1.29, 1.82) is 5.41 Å². The van der Waals surface area contributed by atoms with E-state index in [9.17, 15) is 0 Å². The molecule has 1 aromatic rings. The van der Waals surface area contributed by atoms with Gasteiger partial charge in [0.05, 0.1) is 12.4 Å². The first-order chi connectivity index (χ1) is 7.27. The monoisotopic (exact) mass is 206 g/mol. The number of likely N-dealkylation sites (tertiary alicyclic amines) is 1. The summed E-state index contributed by atoms with van der Waals surface area (Å²) in [6, 6.07) is 2.31. The molecule has 0 bridgehead atoms. The fraction of sp³-hybridized carbons (Fsp3) is 0.636. The highest BCUT2D eigenvalue weighted by Gasteiger charge is 2.20. The maximum atomic E-state index is 7.90. The van der Waals surface area contributed by atoms with Crippen molar-refractivity contribution in [3.8, 4) is 0 Å². The minimum Gasteiger partial charge on any atom is -0.356 e. The van der Waals surface area contributed by atoms with Crippen molar-refractivity contribution in [3.05, 3.63) is 18.5 Å². The van der Waals surface area contributed by atoms with Crippen LogP contribution < -0.4 is 0 Å². The van der Waals surface area contributed by atoms with Gasteiger partial charge in [0.1, 0.15) is 0 Å². The largest absolute Gasteiger partial charge is 0.356 e. The van der Waals surface area contributed by atoms with Gasteiger partial charge in [0.15, 0.2) is 0 Å². The summed E-state index contributed by atoms with van der Waals surface area (Å²) in [6.07, 6.45) is 7.09. The van der Waals surface area contributed by atoms with Gasteiger partial charge in [0, 0.05) is 31.4 Å². The van der Waals surface area contributed by atoms with Crippen LogP contribution in [-0.2, 0) is 6.54 Å². The Morgan fingerprint density at radius 1 is 1.53 bits per heavy atom. The summed E-state index contributed by atoms with van der Waals surface area (Å²) in [5.41, 5.74) is 0. The van der Waals surface area contributed by atoms with Crippen molar-refractivity contribution in [1.82, 2.24) is 14.7 Å². The fourth-order valence-corrected chi connectivity index (χ4v) is 2.12. The lowest BCUT2D eigenvalue weighted by atomic mass is 10.1. The van der Waals surface area contributed by atoms with Gasteiger partial charge in [0.2, 0.25) is 0 Å². The third kappa shape index (κ3) is 2.37. The van der Waals surface area contributed by atoms with Crippen LogP contribution in [-0.4, -0.2) is 33.1 Å². The molecule has 2 heterocycles. The van der Waals surface area contributed by atoms with E-state index in [-0.39, 0.29) is 0 Å². The summed E-state index contributed by atoms with van der Waals surface area (Å²) < 4.78 is 1.94. The quantitative estimate of drug-likeness (QED) is 0.818. The maximum absolute atomic E-state index is 7.90. The molecular formula is C11H18N4. The Hall–Kier alpha value is -1.32. The smallest absolute Gasteiger partial charge is 0.0960 e. The van der Waals surface area contributed by atoms with Crippen LogP contribution in [0, 0.1) is 5.41 Å². The summed E-state index contributed by atoms with van der Waals surface area (Å²) in [6.45, 7) is 4.07. The molecule has 1 aliphatic heterocycles. The van der Waals surface area contributed by atoms with Gasteiger partial charge in [0.25, 0.3) is 0 Å². The van der Waals surface area contributed by atoms with Crippen LogP contribution in [0.4, 0.5) is 0 Å². The molecule has 82 valence electrons. The second-order valence-electron chi connectivity index (χ2n) is 4.17. The van der Waals surface area contributed by atoms with E-state index >= 15 is 0 Å². The van der Waals surface area contributed by atoms with Gasteiger partial charge >= 0.3 is 0 Å². The van der Waals surface area contributed by atoms with Gasteiger partial charge < -0.3 is 4.90 Å². The first-order valence-electron chi connectivity index (χ1n) is 5.59. The van der Waals surface area contributed by atoms with Crippen molar-refractivity contribution in [2.75, 3.05) is 6.54 Å². The molecule has 0 aromatic carbocycles. The lowest BCUT2D eigenvalue weighted by Gasteiger charge is -2.34. The third-order valence-corrected chi connectivity index (χ3v) is 2.95. The molecule has 1 aliphatic rings. The summed E-state index contributed by atoms with van der Waals surface area (Å²) in [5.74, 6) is 0.793. The average Bonchev–Trinajstić information content (AvgIpc) is 2.71. The molecule has 0 spiro atoms. The lowest BCUT2D eigenvalue weighted by Crippen LogP contribution is -2.43. The molecule has 1 aromatic heterocycles. The Morgan fingerprint density at radius 2 is 2.40 bits per heavy atom. The van der Waals surface area contributed by atoms with Crippen LogP contribution >= 0.6 is 0 Å². The molecule has 2 rings (SSSR count). The van der Waals surface area contributed by atoms with Gasteiger partial charge in [-0.3, -0.25) is 10.1 Å². The first kappa shape index (κ1) is 10.2. The minimum atomic E-state index is 0.373. The molecule has 1 unspecified atom stereocenters. The van der Waals surface area contributed by atoms with E-state index in [0.717, 1.165) is 25.3 Å². The highest BCUT2D eigenvalue weighted by atomic mass is 15.3. The summed E-state index contributed by atoms with van der Waals surface area (Å²) in [4.78, 5) is 2.20. The van der Waals surface area contributed by atoms with Crippen molar-refractivity contribution in [3.63, 3.8) is 0 Å². The maximum Gasteiger partial charge on any atom is 0.0960 e. The van der Waals surface area contributed by atoms with E-state index in [0.29, 0.717) is 6.04 Å². The lowest BCUT2D eigenvalue weighted by molar-refractivity contribution is 0.264. The van der Waals surface area contributed by atoms with Gasteiger partial charge in [-0.2, -0.15) is 5.10 Å². The predicted octanol–water partition coefficient (Wildman–Crippen LogP) is 1.73. The topological polar surface area (TPSA) is 44.9 Å². The number of hydrogen-bond acceptors (Lipinski definition) is 2. The molecule has 1 fully saturated rings. The Labute approximate surface area is 90.4 Å². The molecule has 1 saturated heterocycles. The summed E-state index contributed by atoms with van der Waals surface area (Å²) in [7, 11) is 0. The van der Waals surface area contributed by atoms with Crippen LogP contribution in [0.1, 0.15) is 26.2 Å². The van der Waals surface area contributed by atoms with Crippen LogP contribution in [0.3, 0.4) is 0 Å². The minimum absolute atomic E-state index is 0.373. The zero-order chi connectivity index (χ0) is 10.7. The van der Waals surface area contributed by atoms with E-state index < -0.39 is 0 Å². The standard InChI is InChI=1S/C11H18N4/c1-10(9-14-7-4-6-13-14)15-8-3-2-5-11(15)12/h4,6-7,10,12H,2-3,5,8-9H2,1H3. The summed E-state index contributed by atoms with van der Waals surface area (Å²) in [5, 5.41) is 12.1. The average molecular weight is 206 g/mol. The van der Waals surface area contributed by atoms with E-state index in [1.54, 1.807) is 6.20 Å². The normalized spacial score (nSPS) is 19.3. The molecule has 0 radical (unpaired) electrons. The highest BCUT2D eigenvalue weighted by Crippen LogP contribution is 2.14. The second-order valence-corrected chi connectivity index (χ2v) is 4.17. The van der Waals surface area contributed by atoms with Gasteiger partial charge in [-0.05, 0) is 25.8 Å². The van der Waals surface area contributed by atoms with Crippen molar-refractivity contribution in [2.24, 2.45) is 0 Å². The molecular weight excluding hydrogens is 188 g/mol. The van der Waals surface area contributed by atoms with E-state index in [1.807, 2.05) is 16.9 Å². The zero-order valence-corrected chi connectivity index (χ0v) is 9.19. The van der Waals surface area contributed by atoms with Crippen molar-refractivity contribution in [2.45, 2.75) is 38.8 Å². The van der Waals surface area contributed by atoms with Crippen LogP contribution in [0.15, 0.2) is 18.5 Å². The van der Waals surface area contributed by atoms with Gasteiger partial charge in [-0.25, -0.2) is 0 Å². The van der Waals surface area contributed by atoms with Crippen LogP contribution in [0.25, 0.3) is 0 Å². The third-order valence-electron chi connectivity index (χ3n) is 2.95. The number of nitrogens with one attached hydrogen (secondary N) is 1. The van der Waals surface area contributed by atoms with Crippen LogP contribution in [0.5, 0.6) is 0 Å². The predicted molar refractivity (Wildman–Crippen MR) is 60.0 cm³/mol. The second kappa shape index (κ2) is 4.47. The number of piperidine rings is 1. The number of hydrogen-bond donors (Lipinski definition) is 1. The Morgan fingerprint density at radius 3 is 3.07 bits per heavy atom. The molecule has 0 amide bonds. The highest BCUT2D eigenvalue weighted by molar-refractivity contribution is 5.80. The Kier molecular flexibility index (Phi) is 3.04. The molecule has 15 heavy (non-hydrogen) atoms. The van der Waals surface area contributed by atoms with E-state index in [4.69, 9.17) is 5.41 Å². The van der Waals surface area contributed by atoms with Crippen molar-refractivity contribution < 1.29 is 0 Å². The molecule has 4 nitrogen and oxygen atoms in total. The van der Waals surface area contributed by atoms with Gasteiger partial charge in [-0.15, -0.1) is 0 Å². The number of nitrogens with zero attached hydrogens (tertiary/aromatic N) is 3. The zero-order valence-electron chi connectivity index (χ0n) is 9.19. The molecule has 0 aliphatic carbocycles. The van der Waals surface area contributed by atoms with Crippen LogP contribution in [0.2, 0.25) is 0 Å². The summed E-state index contributed by atoms with van der Waals surface area (Å²) >= 11 is 0. The number of amidine groups is 1. The Balaban J connectivity index is 1.94. The fourth-order valence-electron chi connectivity index (χ4n) is 2.12. The SMILES string of the molecule is CC(Cn1cccn1)N1CCCCC1=N. The molecule has 1 N–H and O–H groups in total. The molecule has 0 saturated carbocycles. The van der Waals surface area contributed by atoms with Crippen molar-refractivity contribution >= 4 is 5.84 Å².